The second-order valence-corrected chi connectivity index (χ2v) is 16.6. The van der Waals surface area contributed by atoms with Crippen LogP contribution in [0.1, 0.15) is 23.6 Å². The molecule has 0 aliphatic rings. The molecule has 298 valence electrons. The Balaban J connectivity index is 1.08. The van der Waals surface area contributed by atoms with Crippen molar-refractivity contribution in [1.29, 1.82) is 0 Å². The van der Waals surface area contributed by atoms with E-state index in [1.54, 1.807) is 0 Å². The zero-order valence-electron chi connectivity index (χ0n) is 35.2. The van der Waals surface area contributed by atoms with Gasteiger partial charge in [0.2, 0.25) is 0 Å². The molecule has 1 heterocycles. The first-order chi connectivity index (χ1) is 31.1. The van der Waals surface area contributed by atoms with Gasteiger partial charge in [-0.05, 0) is 98.0 Å². The third-order valence-electron chi connectivity index (χ3n) is 13.0. The number of aromatic nitrogens is 1. The normalized spacial score (nSPS) is 11.6. The minimum absolute atomic E-state index is 0.443. The number of hydrogen-bond acceptors (Lipinski definition) is 0. The van der Waals surface area contributed by atoms with E-state index in [9.17, 15) is 0 Å². The summed E-state index contributed by atoms with van der Waals surface area (Å²) in [4.78, 5) is 0. The molecule has 0 saturated carbocycles. The van der Waals surface area contributed by atoms with Gasteiger partial charge in [-0.2, -0.15) is 0 Å². The largest absolute Gasteiger partial charge is 0.309 e. The van der Waals surface area contributed by atoms with E-state index in [-0.39, 0.29) is 0 Å². The fraction of sp³-hybridized carbons (Fsp3) is 0.0323. The molecule has 1 aromatic heterocycles. The summed E-state index contributed by atoms with van der Waals surface area (Å²) in [5, 5.41) is 2.47. The first-order valence-electron chi connectivity index (χ1n) is 21.8. The van der Waals surface area contributed by atoms with Crippen molar-refractivity contribution in [3.8, 4) is 61.3 Å². The highest BCUT2D eigenvalue weighted by Gasteiger charge is 2.32. The van der Waals surface area contributed by atoms with Crippen molar-refractivity contribution in [2.24, 2.45) is 0 Å². The molecule has 11 aromatic rings. The van der Waals surface area contributed by atoms with Gasteiger partial charge in [0.05, 0.1) is 16.7 Å². The Morgan fingerprint density at radius 2 is 0.683 bits per heavy atom. The molecule has 0 atom stereocenters. The minimum Gasteiger partial charge on any atom is -0.309 e. The highest BCUT2D eigenvalue weighted by Crippen LogP contribution is 2.43. The van der Waals surface area contributed by atoms with Gasteiger partial charge in [-0.1, -0.05) is 231 Å². The van der Waals surface area contributed by atoms with E-state index in [0.29, 0.717) is 0 Å². The van der Waals surface area contributed by atoms with Gasteiger partial charge in [-0.15, -0.1) is 0 Å². The summed E-state index contributed by atoms with van der Waals surface area (Å²) in [7, 11) is 0. The summed E-state index contributed by atoms with van der Waals surface area (Å²) in [6, 6.07) is 93.1. The molecule has 0 bridgehead atoms. The monoisotopic (exact) mass is 803 g/mol. The predicted molar refractivity (Wildman–Crippen MR) is 266 cm³/mol. The van der Waals surface area contributed by atoms with E-state index < -0.39 is 5.41 Å². The van der Waals surface area contributed by atoms with Gasteiger partial charge in [0.25, 0.3) is 0 Å². The number of nitrogens with zero attached hydrogens (tertiary/aromatic N) is 1. The molecule has 1 heteroatoms. The summed E-state index contributed by atoms with van der Waals surface area (Å²) >= 11 is 0. The smallest absolute Gasteiger partial charge is 0.0547 e. The quantitative estimate of drug-likeness (QED) is 0.128. The average Bonchev–Trinajstić information content (AvgIpc) is 3.70. The lowest BCUT2D eigenvalue weighted by Crippen LogP contribution is -2.25. The summed E-state index contributed by atoms with van der Waals surface area (Å²) in [5.74, 6) is 0. The van der Waals surface area contributed by atoms with Gasteiger partial charge >= 0.3 is 0 Å². The second-order valence-electron chi connectivity index (χ2n) is 16.6. The van der Waals surface area contributed by atoms with Crippen molar-refractivity contribution in [3.63, 3.8) is 0 Å². The SMILES string of the molecule is CC(c1ccc(-c2ccccc2)cc1)(c1ccc(-c2ccccc2)cc1)c1cccc(-c2ccc3c4ccccc4n(-c4cc(-c5ccccc5)ccc4-c4ccccc4)c3c2)c1. The van der Waals surface area contributed by atoms with Crippen LogP contribution in [-0.2, 0) is 5.41 Å². The number of hydrogen-bond donors (Lipinski definition) is 0. The highest BCUT2D eigenvalue weighted by atomic mass is 15.0. The molecule has 0 aliphatic carbocycles. The molecule has 0 saturated heterocycles. The molecule has 0 radical (unpaired) electrons. The summed E-state index contributed by atoms with van der Waals surface area (Å²) in [5.41, 5.74) is 18.8. The van der Waals surface area contributed by atoms with Crippen molar-refractivity contribution in [3.05, 3.63) is 271 Å². The molecule has 1 nitrogen and oxygen atoms in total. The third kappa shape index (κ3) is 6.94. The van der Waals surface area contributed by atoms with E-state index >= 15 is 0 Å². The van der Waals surface area contributed by atoms with Crippen molar-refractivity contribution in [2.75, 3.05) is 0 Å². The fourth-order valence-corrected chi connectivity index (χ4v) is 9.56. The summed E-state index contributed by atoms with van der Waals surface area (Å²) < 4.78 is 2.49. The fourth-order valence-electron chi connectivity index (χ4n) is 9.56. The molecule has 0 spiro atoms. The highest BCUT2D eigenvalue weighted by molar-refractivity contribution is 6.11. The number of para-hydroxylation sites is 1. The van der Waals surface area contributed by atoms with Gasteiger partial charge in [-0.3, -0.25) is 0 Å². The van der Waals surface area contributed by atoms with E-state index in [4.69, 9.17) is 0 Å². The molecular weight excluding hydrogens is 759 g/mol. The van der Waals surface area contributed by atoms with Gasteiger partial charge < -0.3 is 4.57 Å². The zero-order chi connectivity index (χ0) is 42.2. The van der Waals surface area contributed by atoms with Crippen molar-refractivity contribution < 1.29 is 0 Å². The molecule has 0 aliphatic heterocycles. The second kappa shape index (κ2) is 16.1. The third-order valence-corrected chi connectivity index (χ3v) is 13.0. The number of rotatable bonds is 9. The van der Waals surface area contributed by atoms with Crippen LogP contribution < -0.4 is 0 Å². The maximum atomic E-state index is 2.49. The Kier molecular flexibility index (Phi) is 9.71. The van der Waals surface area contributed by atoms with Gasteiger partial charge in [0.15, 0.2) is 0 Å². The molecule has 10 aromatic carbocycles. The molecule has 0 fully saturated rings. The van der Waals surface area contributed by atoms with Crippen molar-refractivity contribution in [1.82, 2.24) is 4.57 Å². The summed E-state index contributed by atoms with van der Waals surface area (Å²) in [6.07, 6.45) is 0. The van der Waals surface area contributed by atoms with Crippen LogP contribution in [0.2, 0.25) is 0 Å². The topological polar surface area (TPSA) is 4.93 Å². The summed E-state index contributed by atoms with van der Waals surface area (Å²) in [6.45, 7) is 2.38. The standard InChI is InChI=1S/C62H45N/c1-62(53-35-29-47(30-36-53)44-17-6-2-7-18-44,54-37-31-48(32-38-54)45-19-8-3-9-20-45)55-26-16-25-50(41-55)52-34-40-58-57-27-14-15-28-59(57)63(61(58)43-52)60-42-51(46-21-10-4-11-22-46)33-39-56(60)49-23-12-5-13-24-49/h2-43H,1H3. The van der Waals surface area contributed by atoms with Crippen LogP contribution in [0.3, 0.4) is 0 Å². The number of fused-ring (bicyclic) bond motifs is 3. The van der Waals surface area contributed by atoms with E-state index in [2.05, 4.69) is 266 Å². The Morgan fingerprint density at radius 3 is 1.27 bits per heavy atom. The van der Waals surface area contributed by atoms with Crippen LogP contribution in [0.5, 0.6) is 0 Å². The van der Waals surface area contributed by atoms with Crippen LogP contribution >= 0.6 is 0 Å². The van der Waals surface area contributed by atoms with Crippen LogP contribution in [0, 0.1) is 0 Å². The van der Waals surface area contributed by atoms with Gasteiger partial charge in [0, 0.05) is 21.8 Å². The van der Waals surface area contributed by atoms with E-state index in [0.717, 1.165) is 5.69 Å². The van der Waals surface area contributed by atoms with Crippen LogP contribution in [0.15, 0.2) is 255 Å². The van der Waals surface area contributed by atoms with Crippen molar-refractivity contribution in [2.45, 2.75) is 12.3 Å². The lowest BCUT2D eigenvalue weighted by molar-refractivity contribution is 0.693. The van der Waals surface area contributed by atoms with E-state index in [1.165, 1.54) is 94.1 Å². The Bertz CT molecular complexity index is 3260. The molecule has 11 rings (SSSR count). The minimum atomic E-state index is -0.443. The predicted octanol–water partition coefficient (Wildman–Crippen LogP) is 16.5. The van der Waals surface area contributed by atoms with Crippen LogP contribution in [0.4, 0.5) is 0 Å². The first-order valence-corrected chi connectivity index (χ1v) is 21.8. The lowest BCUT2D eigenvalue weighted by Gasteiger charge is -2.33. The first kappa shape index (κ1) is 38.0. The Labute approximate surface area is 369 Å². The average molecular weight is 804 g/mol. The maximum absolute atomic E-state index is 2.49. The van der Waals surface area contributed by atoms with Crippen LogP contribution in [-0.4, -0.2) is 4.57 Å². The molecular formula is C62H45N. The Hall–Kier alpha value is -8.00. The molecule has 0 amide bonds. The number of benzene rings is 10. The van der Waals surface area contributed by atoms with E-state index in [1.807, 2.05) is 0 Å². The molecule has 0 unspecified atom stereocenters. The van der Waals surface area contributed by atoms with Gasteiger partial charge in [0.1, 0.15) is 0 Å². The zero-order valence-corrected chi connectivity index (χ0v) is 35.2. The molecule has 63 heavy (non-hydrogen) atoms. The lowest BCUT2D eigenvalue weighted by atomic mass is 9.70. The van der Waals surface area contributed by atoms with Crippen LogP contribution in [0.25, 0.3) is 83.1 Å². The Morgan fingerprint density at radius 1 is 0.270 bits per heavy atom. The van der Waals surface area contributed by atoms with Crippen molar-refractivity contribution >= 4 is 21.8 Å². The maximum Gasteiger partial charge on any atom is 0.0547 e. The molecule has 0 N–H and O–H groups in total. The van der Waals surface area contributed by atoms with Gasteiger partial charge in [-0.25, -0.2) is 0 Å².